The van der Waals surface area contributed by atoms with Gasteiger partial charge in [-0.1, -0.05) is 84.0 Å². The monoisotopic (exact) mass is 526 g/mol. The van der Waals surface area contributed by atoms with Crippen LogP contribution >= 0.6 is 0 Å². The SMILES string of the molecule is CCCCCCCCCCCCCCCc1cc(O[C@@H]2O[C@H](CO)[C@@H](O)[C@H](O)[C@H]2O)cc(O)c1C(=O)O. The van der Waals surface area contributed by atoms with Gasteiger partial charge in [0.25, 0.3) is 0 Å². The second kappa shape index (κ2) is 16.8. The number of carboxylic acid groups (broad SMARTS) is 1. The number of phenols is 1. The number of unbranched alkanes of at least 4 members (excludes halogenated alkanes) is 12. The summed E-state index contributed by atoms with van der Waals surface area (Å²) >= 11 is 0. The van der Waals surface area contributed by atoms with Crippen molar-refractivity contribution in [3.8, 4) is 11.5 Å². The standard InChI is InChI=1S/C28H46O9/c1-2-3-4-5-6-7-8-9-10-11-12-13-14-15-19-16-20(17-21(30)23(19)27(34)35)36-28-26(33)25(32)24(31)22(18-29)37-28/h16-17,22,24-26,28-33H,2-15,18H2,1H3,(H,34,35)/t22-,24-,25+,26-,28-/m1/s1. The molecule has 1 heterocycles. The molecule has 6 N–H and O–H groups in total. The molecule has 37 heavy (non-hydrogen) atoms. The van der Waals surface area contributed by atoms with E-state index in [2.05, 4.69) is 6.92 Å². The number of aromatic carboxylic acids is 1. The highest BCUT2D eigenvalue weighted by molar-refractivity contribution is 5.92. The van der Waals surface area contributed by atoms with Gasteiger partial charge in [0.2, 0.25) is 6.29 Å². The van der Waals surface area contributed by atoms with Crippen LogP contribution in [0.25, 0.3) is 0 Å². The van der Waals surface area contributed by atoms with Gasteiger partial charge >= 0.3 is 5.97 Å². The topological polar surface area (TPSA) is 157 Å². The van der Waals surface area contributed by atoms with Gasteiger partial charge in [-0.2, -0.15) is 0 Å². The first-order valence-electron chi connectivity index (χ1n) is 13.9. The van der Waals surface area contributed by atoms with Gasteiger partial charge in [0.1, 0.15) is 41.5 Å². The van der Waals surface area contributed by atoms with Crippen molar-refractivity contribution in [2.75, 3.05) is 6.61 Å². The zero-order valence-corrected chi connectivity index (χ0v) is 22.1. The van der Waals surface area contributed by atoms with Gasteiger partial charge in [0.05, 0.1) is 6.61 Å². The summed E-state index contributed by atoms with van der Waals surface area (Å²) in [7, 11) is 0. The van der Waals surface area contributed by atoms with Crippen LogP contribution in [0.3, 0.4) is 0 Å². The number of benzene rings is 1. The van der Waals surface area contributed by atoms with E-state index in [0.717, 1.165) is 31.7 Å². The van der Waals surface area contributed by atoms with E-state index in [1.165, 1.54) is 63.9 Å². The Morgan fingerprint density at radius 3 is 1.89 bits per heavy atom. The van der Waals surface area contributed by atoms with Crippen LogP contribution in [0.4, 0.5) is 0 Å². The molecule has 1 saturated heterocycles. The number of hydrogen-bond donors (Lipinski definition) is 6. The van der Waals surface area contributed by atoms with Gasteiger partial charge < -0.3 is 40.1 Å². The Hall–Kier alpha value is -1.91. The molecule has 0 aromatic heterocycles. The molecule has 212 valence electrons. The summed E-state index contributed by atoms with van der Waals surface area (Å²) < 4.78 is 10.9. The van der Waals surface area contributed by atoms with Crippen LogP contribution in [-0.2, 0) is 11.2 Å². The Labute approximate surface area is 220 Å². The molecule has 0 radical (unpaired) electrons. The molecule has 2 rings (SSSR count). The molecule has 0 bridgehead atoms. The Bertz CT molecular complexity index is 798. The third-order valence-electron chi connectivity index (χ3n) is 7.04. The molecule has 0 saturated carbocycles. The lowest BCUT2D eigenvalue weighted by atomic mass is 9.98. The average Bonchev–Trinajstić information content (AvgIpc) is 2.86. The van der Waals surface area contributed by atoms with Crippen molar-refractivity contribution in [2.45, 2.75) is 128 Å². The van der Waals surface area contributed by atoms with E-state index in [1.54, 1.807) is 0 Å². The zero-order valence-electron chi connectivity index (χ0n) is 22.1. The number of hydrogen-bond acceptors (Lipinski definition) is 8. The predicted molar refractivity (Wildman–Crippen MR) is 139 cm³/mol. The second-order valence-corrected chi connectivity index (χ2v) is 10.1. The molecule has 0 aliphatic carbocycles. The number of aliphatic hydroxyl groups is 4. The van der Waals surface area contributed by atoms with Gasteiger partial charge in [0.15, 0.2) is 0 Å². The van der Waals surface area contributed by atoms with E-state index in [-0.39, 0.29) is 11.3 Å². The Balaban J connectivity index is 1.82. The van der Waals surface area contributed by atoms with Gasteiger partial charge in [-0.15, -0.1) is 0 Å². The summed E-state index contributed by atoms with van der Waals surface area (Å²) in [5.41, 5.74) is 0.204. The van der Waals surface area contributed by atoms with E-state index >= 15 is 0 Å². The van der Waals surface area contributed by atoms with Crippen LogP contribution in [-0.4, -0.2) is 73.9 Å². The fourth-order valence-electron chi connectivity index (χ4n) is 4.80. The lowest BCUT2D eigenvalue weighted by molar-refractivity contribution is -0.277. The fourth-order valence-corrected chi connectivity index (χ4v) is 4.80. The molecule has 0 amide bonds. The molecular weight excluding hydrogens is 480 g/mol. The highest BCUT2D eigenvalue weighted by Crippen LogP contribution is 2.32. The predicted octanol–water partition coefficient (Wildman–Crippen LogP) is 3.90. The van der Waals surface area contributed by atoms with Crippen molar-refractivity contribution in [1.29, 1.82) is 0 Å². The summed E-state index contributed by atoms with van der Waals surface area (Å²) in [6, 6.07) is 2.59. The Morgan fingerprint density at radius 2 is 1.38 bits per heavy atom. The van der Waals surface area contributed by atoms with Crippen LogP contribution in [0.1, 0.15) is 106 Å². The van der Waals surface area contributed by atoms with Crippen molar-refractivity contribution in [2.24, 2.45) is 0 Å². The van der Waals surface area contributed by atoms with Gasteiger partial charge in [-0.3, -0.25) is 0 Å². The van der Waals surface area contributed by atoms with Crippen molar-refractivity contribution in [1.82, 2.24) is 0 Å². The maximum Gasteiger partial charge on any atom is 0.339 e. The first-order chi connectivity index (χ1) is 17.8. The van der Waals surface area contributed by atoms with Crippen LogP contribution in [0.15, 0.2) is 12.1 Å². The molecule has 0 spiro atoms. The number of aryl methyl sites for hydroxylation is 1. The molecule has 0 unspecified atom stereocenters. The van der Waals surface area contributed by atoms with Crippen molar-refractivity contribution in [3.63, 3.8) is 0 Å². The molecule has 5 atom stereocenters. The summed E-state index contributed by atoms with van der Waals surface area (Å²) in [4.78, 5) is 11.7. The maximum absolute atomic E-state index is 11.7. The number of carbonyl (C=O) groups is 1. The minimum atomic E-state index is -1.61. The number of ether oxygens (including phenoxy) is 2. The fraction of sp³-hybridized carbons (Fsp3) is 0.750. The third-order valence-corrected chi connectivity index (χ3v) is 7.04. The smallest absolute Gasteiger partial charge is 0.339 e. The number of aliphatic hydroxyl groups excluding tert-OH is 4. The summed E-state index contributed by atoms with van der Waals surface area (Å²) in [6.07, 6.45) is 8.73. The molecular formula is C28H46O9. The number of carboxylic acids is 1. The van der Waals surface area contributed by atoms with E-state index < -0.39 is 49.0 Å². The minimum Gasteiger partial charge on any atom is -0.507 e. The quantitative estimate of drug-likeness (QED) is 0.156. The van der Waals surface area contributed by atoms with Gasteiger partial charge in [0, 0.05) is 6.07 Å². The third kappa shape index (κ3) is 10.1. The van der Waals surface area contributed by atoms with Crippen LogP contribution in [0.2, 0.25) is 0 Å². The van der Waals surface area contributed by atoms with Crippen molar-refractivity contribution in [3.05, 3.63) is 23.3 Å². The van der Waals surface area contributed by atoms with E-state index in [0.29, 0.717) is 12.0 Å². The van der Waals surface area contributed by atoms with E-state index in [4.69, 9.17) is 9.47 Å². The molecule has 1 aromatic carbocycles. The minimum absolute atomic E-state index is 0.0523. The largest absolute Gasteiger partial charge is 0.507 e. The van der Waals surface area contributed by atoms with Crippen LogP contribution < -0.4 is 4.74 Å². The lowest BCUT2D eigenvalue weighted by Crippen LogP contribution is -2.60. The Morgan fingerprint density at radius 1 is 0.838 bits per heavy atom. The number of aromatic hydroxyl groups is 1. The molecule has 1 aromatic rings. The summed E-state index contributed by atoms with van der Waals surface area (Å²) in [5, 5.41) is 59.3. The molecule has 1 aliphatic rings. The van der Waals surface area contributed by atoms with Crippen LogP contribution in [0.5, 0.6) is 11.5 Å². The Kier molecular flexibility index (Phi) is 14.2. The van der Waals surface area contributed by atoms with E-state index in [9.17, 15) is 35.4 Å². The maximum atomic E-state index is 11.7. The van der Waals surface area contributed by atoms with Crippen molar-refractivity contribution < 1.29 is 44.9 Å². The van der Waals surface area contributed by atoms with Crippen molar-refractivity contribution >= 4 is 5.97 Å². The van der Waals surface area contributed by atoms with Crippen LogP contribution in [0, 0.1) is 0 Å². The summed E-state index contributed by atoms with van der Waals surface area (Å²) in [5.74, 6) is -1.67. The van der Waals surface area contributed by atoms with E-state index in [1.807, 2.05) is 0 Å². The highest BCUT2D eigenvalue weighted by atomic mass is 16.7. The molecule has 9 nitrogen and oxygen atoms in total. The first-order valence-corrected chi connectivity index (χ1v) is 13.9. The first kappa shape index (κ1) is 31.3. The second-order valence-electron chi connectivity index (χ2n) is 10.1. The average molecular weight is 527 g/mol. The normalized spacial score (nSPS) is 23.8. The van der Waals surface area contributed by atoms with Gasteiger partial charge in [-0.05, 0) is 24.5 Å². The summed E-state index contributed by atoms with van der Waals surface area (Å²) in [6.45, 7) is 1.63. The molecule has 1 fully saturated rings. The molecule has 9 heteroatoms. The molecule has 1 aliphatic heterocycles. The van der Waals surface area contributed by atoms with Gasteiger partial charge in [-0.25, -0.2) is 4.79 Å². The number of rotatable bonds is 18. The zero-order chi connectivity index (χ0) is 27.2. The lowest BCUT2D eigenvalue weighted by Gasteiger charge is -2.39. The highest BCUT2D eigenvalue weighted by Gasteiger charge is 2.44.